The van der Waals surface area contributed by atoms with Crippen LogP contribution in [0.25, 0.3) is 11.4 Å². The van der Waals surface area contributed by atoms with Crippen molar-refractivity contribution < 1.29 is 4.74 Å². The van der Waals surface area contributed by atoms with Crippen molar-refractivity contribution in [3.63, 3.8) is 0 Å². The van der Waals surface area contributed by atoms with Gasteiger partial charge in [-0.05, 0) is 36.4 Å². The first-order chi connectivity index (χ1) is 8.85. The molecule has 0 saturated heterocycles. The fourth-order valence-electron chi connectivity index (χ4n) is 1.52. The average Bonchev–Trinajstić information content (AvgIpc) is 2.46. The predicted octanol–water partition coefficient (Wildman–Crippen LogP) is 3.26. The SMILES string of the molecule is C=CC(C=C)Oc1cccnc1-c1ccccn1. The van der Waals surface area contributed by atoms with Crippen LogP contribution in [-0.4, -0.2) is 16.1 Å². The van der Waals surface area contributed by atoms with Crippen LogP contribution in [0.5, 0.6) is 5.75 Å². The van der Waals surface area contributed by atoms with Gasteiger partial charge in [0, 0.05) is 12.4 Å². The average molecular weight is 238 g/mol. The molecule has 0 unspecified atom stereocenters. The molecule has 0 radical (unpaired) electrons. The van der Waals surface area contributed by atoms with Crippen LogP contribution in [0.2, 0.25) is 0 Å². The third-order valence-corrected chi connectivity index (χ3v) is 2.41. The van der Waals surface area contributed by atoms with Crippen molar-refractivity contribution in [3.05, 3.63) is 68.0 Å². The molecular formula is C15H14N2O. The summed E-state index contributed by atoms with van der Waals surface area (Å²) in [6.45, 7) is 7.40. The van der Waals surface area contributed by atoms with Gasteiger partial charge in [-0.25, -0.2) is 0 Å². The largest absolute Gasteiger partial charge is 0.480 e. The number of hydrogen-bond acceptors (Lipinski definition) is 3. The molecule has 2 aromatic heterocycles. The lowest BCUT2D eigenvalue weighted by Gasteiger charge is -2.13. The summed E-state index contributed by atoms with van der Waals surface area (Å²) in [6.07, 6.45) is 6.57. The van der Waals surface area contributed by atoms with Crippen molar-refractivity contribution in [1.29, 1.82) is 0 Å². The van der Waals surface area contributed by atoms with Crippen LogP contribution in [0.15, 0.2) is 68.0 Å². The van der Waals surface area contributed by atoms with Crippen LogP contribution in [-0.2, 0) is 0 Å². The molecule has 0 aromatic carbocycles. The molecule has 0 bridgehead atoms. The predicted molar refractivity (Wildman–Crippen MR) is 72.3 cm³/mol. The lowest BCUT2D eigenvalue weighted by atomic mass is 10.2. The minimum Gasteiger partial charge on any atom is -0.480 e. The molecule has 0 saturated carbocycles. The maximum atomic E-state index is 5.76. The van der Waals surface area contributed by atoms with Gasteiger partial charge in [0.15, 0.2) is 0 Å². The Morgan fingerprint density at radius 2 is 1.78 bits per heavy atom. The molecule has 2 aromatic rings. The molecule has 0 aliphatic rings. The van der Waals surface area contributed by atoms with Gasteiger partial charge in [-0.15, -0.1) is 0 Å². The topological polar surface area (TPSA) is 35.0 Å². The maximum absolute atomic E-state index is 5.76. The van der Waals surface area contributed by atoms with E-state index < -0.39 is 0 Å². The smallest absolute Gasteiger partial charge is 0.148 e. The van der Waals surface area contributed by atoms with Gasteiger partial charge in [-0.1, -0.05) is 19.2 Å². The number of aromatic nitrogens is 2. The molecular weight excluding hydrogens is 224 g/mol. The minimum atomic E-state index is -0.239. The van der Waals surface area contributed by atoms with Crippen LogP contribution >= 0.6 is 0 Å². The van der Waals surface area contributed by atoms with Crippen LogP contribution in [0.3, 0.4) is 0 Å². The standard InChI is InChI=1S/C15H14N2O/c1-3-12(4-2)18-14-9-7-11-17-15(14)13-8-5-6-10-16-13/h3-12H,1-2H2. The summed E-state index contributed by atoms with van der Waals surface area (Å²) in [6, 6.07) is 9.36. The molecule has 3 heteroatoms. The lowest BCUT2D eigenvalue weighted by Crippen LogP contribution is -2.10. The molecule has 0 aliphatic heterocycles. The molecule has 18 heavy (non-hydrogen) atoms. The Balaban J connectivity index is 2.37. The fraction of sp³-hybridized carbons (Fsp3) is 0.0667. The van der Waals surface area contributed by atoms with Crippen LogP contribution in [0.4, 0.5) is 0 Å². The Labute approximate surface area is 106 Å². The number of ether oxygens (including phenoxy) is 1. The first-order valence-electron chi connectivity index (χ1n) is 5.63. The summed E-state index contributed by atoms with van der Waals surface area (Å²) in [5.74, 6) is 0.668. The Bertz CT molecular complexity index is 529. The van der Waals surface area contributed by atoms with Gasteiger partial charge in [0.05, 0.1) is 5.69 Å². The Morgan fingerprint density at radius 3 is 2.44 bits per heavy atom. The van der Waals surface area contributed by atoms with Gasteiger partial charge in [0.1, 0.15) is 17.5 Å². The molecule has 0 fully saturated rings. The fourth-order valence-corrected chi connectivity index (χ4v) is 1.52. The lowest BCUT2D eigenvalue weighted by molar-refractivity contribution is 0.297. The summed E-state index contributed by atoms with van der Waals surface area (Å²) in [4.78, 5) is 8.59. The quantitative estimate of drug-likeness (QED) is 0.750. The molecule has 2 rings (SSSR count). The zero-order valence-electron chi connectivity index (χ0n) is 9.99. The highest BCUT2D eigenvalue weighted by molar-refractivity contribution is 5.62. The number of nitrogens with zero attached hydrogens (tertiary/aromatic N) is 2. The highest BCUT2D eigenvalue weighted by atomic mass is 16.5. The van der Waals surface area contributed by atoms with Gasteiger partial charge in [-0.2, -0.15) is 0 Å². The zero-order chi connectivity index (χ0) is 12.8. The molecule has 0 atom stereocenters. The van der Waals surface area contributed by atoms with Crippen LogP contribution in [0.1, 0.15) is 0 Å². The van der Waals surface area contributed by atoms with E-state index in [9.17, 15) is 0 Å². The van der Waals surface area contributed by atoms with E-state index in [0.29, 0.717) is 11.4 Å². The summed E-state index contributed by atoms with van der Waals surface area (Å²) < 4.78 is 5.76. The van der Waals surface area contributed by atoms with Gasteiger partial charge in [0.25, 0.3) is 0 Å². The van der Waals surface area contributed by atoms with E-state index in [1.165, 1.54) is 0 Å². The molecule has 0 N–H and O–H groups in total. The van der Waals surface area contributed by atoms with E-state index in [-0.39, 0.29) is 6.10 Å². The number of hydrogen-bond donors (Lipinski definition) is 0. The van der Waals surface area contributed by atoms with Crippen molar-refractivity contribution >= 4 is 0 Å². The zero-order valence-corrected chi connectivity index (χ0v) is 9.99. The van der Waals surface area contributed by atoms with Crippen LogP contribution < -0.4 is 4.74 Å². The second-order valence-electron chi connectivity index (χ2n) is 3.62. The number of rotatable bonds is 5. The van der Waals surface area contributed by atoms with E-state index in [2.05, 4.69) is 23.1 Å². The Kier molecular flexibility index (Phi) is 3.86. The molecule has 90 valence electrons. The molecule has 0 amide bonds. The molecule has 2 heterocycles. The van der Waals surface area contributed by atoms with E-state index in [1.54, 1.807) is 24.5 Å². The summed E-state index contributed by atoms with van der Waals surface area (Å²) >= 11 is 0. The molecule has 0 aliphatic carbocycles. The second kappa shape index (κ2) is 5.77. The van der Waals surface area contributed by atoms with Crippen molar-refractivity contribution in [2.45, 2.75) is 6.10 Å². The maximum Gasteiger partial charge on any atom is 0.148 e. The van der Waals surface area contributed by atoms with Crippen molar-refractivity contribution in [3.8, 4) is 17.1 Å². The van der Waals surface area contributed by atoms with E-state index in [4.69, 9.17) is 4.74 Å². The van der Waals surface area contributed by atoms with E-state index in [1.807, 2.05) is 30.3 Å². The van der Waals surface area contributed by atoms with Crippen molar-refractivity contribution in [2.24, 2.45) is 0 Å². The van der Waals surface area contributed by atoms with Gasteiger partial charge >= 0.3 is 0 Å². The summed E-state index contributed by atoms with van der Waals surface area (Å²) in [5.41, 5.74) is 1.49. The van der Waals surface area contributed by atoms with E-state index in [0.717, 1.165) is 5.69 Å². The van der Waals surface area contributed by atoms with Crippen molar-refractivity contribution in [2.75, 3.05) is 0 Å². The molecule has 0 spiro atoms. The third-order valence-electron chi connectivity index (χ3n) is 2.41. The highest BCUT2D eigenvalue weighted by Crippen LogP contribution is 2.26. The summed E-state index contributed by atoms with van der Waals surface area (Å²) in [7, 11) is 0. The van der Waals surface area contributed by atoms with Gasteiger partial charge in [-0.3, -0.25) is 9.97 Å². The molecule has 3 nitrogen and oxygen atoms in total. The van der Waals surface area contributed by atoms with Gasteiger partial charge in [0.2, 0.25) is 0 Å². The van der Waals surface area contributed by atoms with Crippen molar-refractivity contribution in [1.82, 2.24) is 9.97 Å². The monoisotopic (exact) mass is 238 g/mol. The normalized spacial score (nSPS) is 10.1. The second-order valence-corrected chi connectivity index (χ2v) is 3.62. The third kappa shape index (κ3) is 2.63. The first-order valence-corrected chi connectivity index (χ1v) is 5.63. The van der Waals surface area contributed by atoms with Gasteiger partial charge < -0.3 is 4.74 Å². The summed E-state index contributed by atoms with van der Waals surface area (Å²) in [5, 5.41) is 0. The minimum absolute atomic E-state index is 0.239. The Hall–Kier alpha value is -2.42. The van der Waals surface area contributed by atoms with E-state index >= 15 is 0 Å². The Morgan fingerprint density at radius 1 is 1.00 bits per heavy atom. The first kappa shape index (κ1) is 12.0. The number of pyridine rings is 2. The van der Waals surface area contributed by atoms with Crippen LogP contribution in [0, 0.1) is 0 Å². The highest BCUT2D eigenvalue weighted by Gasteiger charge is 2.10.